The zero-order valence-electron chi connectivity index (χ0n) is 13.5. The number of nitrogens with zero attached hydrogens (tertiary/aromatic N) is 1. The Kier molecular flexibility index (Phi) is 6.31. The summed E-state index contributed by atoms with van der Waals surface area (Å²) in [5.74, 6) is 1.42. The highest BCUT2D eigenvalue weighted by molar-refractivity contribution is 5.76. The Morgan fingerprint density at radius 2 is 2.11 bits per heavy atom. The van der Waals surface area contributed by atoms with Crippen LogP contribution in [-0.2, 0) is 4.79 Å². The lowest BCUT2D eigenvalue weighted by molar-refractivity contribution is -0.131. The Morgan fingerprint density at radius 3 is 2.63 bits per heavy atom. The molecule has 0 spiro atoms. The molecule has 0 aromatic rings. The van der Waals surface area contributed by atoms with Gasteiger partial charge in [0.15, 0.2) is 0 Å². The Labute approximate surface area is 119 Å². The fraction of sp³-hybridized carbons (Fsp3) is 0.938. The number of hydrogen-bond donors (Lipinski definition) is 1. The van der Waals surface area contributed by atoms with E-state index in [1.54, 1.807) is 0 Å². The van der Waals surface area contributed by atoms with Gasteiger partial charge in [-0.2, -0.15) is 0 Å². The quantitative estimate of drug-likeness (QED) is 0.831. The Bertz CT molecular complexity index is 277. The summed E-state index contributed by atoms with van der Waals surface area (Å²) >= 11 is 0. The van der Waals surface area contributed by atoms with Gasteiger partial charge in [0, 0.05) is 20.0 Å². The number of rotatable bonds is 5. The standard InChI is InChI=1S/C16H32N2O/c1-13(10-16(2,3)4)9-15(19)18(5)12-14-7-6-8-17-11-14/h13-14,17H,6-12H2,1-5H3. The van der Waals surface area contributed by atoms with E-state index in [1.807, 2.05) is 11.9 Å². The lowest BCUT2D eigenvalue weighted by Crippen LogP contribution is -2.39. The molecule has 3 heteroatoms. The summed E-state index contributed by atoms with van der Waals surface area (Å²) < 4.78 is 0. The van der Waals surface area contributed by atoms with Gasteiger partial charge in [-0.15, -0.1) is 0 Å². The molecule has 0 bridgehead atoms. The van der Waals surface area contributed by atoms with Crippen LogP contribution in [0, 0.1) is 17.3 Å². The van der Waals surface area contributed by atoms with Crippen LogP contribution in [0.3, 0.4) is 0 Å². The van der Waals surface area contributed by atoms with Gasteiger partial charge in [0.05, 0.1) is 0 Å². The molecule has 0 aliphatic carbocycles. The third-order valence-corrected chi connectivity index (χ3v) is 3.84. The molecule has 1 N–H and O–H groups in total. The molecule has 112 valence electrons. The predicted octanol–water partition coefficient (Wildman–Crippen LogP) is 2.91. The summed E-state index contributed by atoms with van der Waals surface area (Å²) in [6.45, 7) is 12.0. The largest absolute Gasteiger partial charge is 0.345 e. The molecule has 19 heavy (non-hydrogen) atoms. The zero-order chi connectivity index (χ0) is 14.5. The molecule has 0 aromatic carbocycles. The number of amides is 1. The third kappa shape index (κ3) is 6.95. The van der Waals surface area contributed by atoms with Crippen LogP contribution in [0.25, 0.3) is 0 Å². The van der Waals surface area contributed by atoms with E-state index >= 15 is 0 Å². The van der Waals surface area contributed by atoms with Gasteiger partial charge in [-0.25, -0.2) is 0 Å². The van der Waals surface area contributed by atoms with E-state index in [-0.39, 0.29) is 0 Å². The smallest absolute Gasteiger partial charge is 0.222 e. The minimum Gasteiger partial charge on any atom is -0.345 e. The molecule has 1 amide bonds. The highest BCUT2D eigenvalue weighted by Gasteiger charge is 2.21. The molecule has 0 saturated carbocycles. The van der Waals surface area contributed by atoms with Crippen molar-refractivity contribution in [1.82, 2.24) is 10.2 Å². The van der Waals surface area contributed by atoms with Crippen molar-refractivity contribution in [2.24, 2.45) is 17.3 Å². The minimum absolute atomic E-state index is 0.308. The van der Waals surface area contributed by atoms with Gasteiger partial charge in [-0.3, -0.25) is 4.79 Å². The normalized spacial score (nSPS) is 22.1. The van der Waals surface area contributed by atoms with Gasteiger partial charge in [0.2, 0.25) is 5.91 Å². The summed E-state index contributed by atoms with van der Waals surface area (Å²) in [5, 5.41) is 3.41. The Hall–Kier alpha value is -0.570. The molecular formula is C16H32N2O. The average molecular weight is 268 g/mol. The molecule has 1 aliphatic heterocycles. The first-order valence-corrected chi connectivity index (χ1v) is 7.72. The highest BCUT2D eigenvalue weighted by atomic mass is 16.2. The first-order chi connectivity index (χ1) is 8.78. The second-order valence-electron chi connectivity index (χ2n) is 7.56. The van der Waals surface area contributed by atoms with Gasteiger partial charge < -0.3 is 10.2 Å². The molecule has 1 heterocycles. The van der Waals surface area contributed by atoms with Crippen molar-refractivity contribution in [2.45, 2.75) is 53.4 Å². The van der Waals surface area contributed by atoms with Gasteiger partial charge in [0.25, 0.3) is 0 Å². The molecule has 1 aliphatic rings. The second-order valence-corrected chi connectivity index (χ2v) is 7.56. The van der Waals surface area contributed by atoms with E-state index in [0.29, 0.717) is 29.6 Å². The van der Waals surface area contributed by atoms with E-state index in [9.17, 15) is 4.79 Å². The zero-order valence-corrected chi connectivity index (χ0v) is 13.5. The summed E-state index contributed by atoms with van der Waals surface area (Å²) in [5.41, 5.74) is 0.311. The van der Waals surface area contributed by atoms with E-state index in [1.165, 1.54) is 12.8 Å². The van der Waals surface area contributed by atoms with Crippen LogP contribution in [0.5, 0.6) is 0 Å². The Morgan fingerprint density at radius 1 is 1.42 bits per heavy atom. The van der Waals surface area contributed by atoms with Crippen LogP contribution in [-0.4, -0.2) is 37.5 Å². The van der Waals surface area contributed by atoms with Crippen LogP contribution in [0.2, 0.25) is 0 Å². The molecule has 2 atom stereocenters. The first-order valence-electron chi connectivity index (χ1n) is 7.72. The molecular weight excluding hydrogens is 236 g/mol. The van der Waals surface area contributed by atoms with Crippen molar-refractivity contribution in [3.8, 4) is 0 Å². The number of hydrogen-bond acceptors (Lipinski definition) is 2. The van der Waals surface area contributed by atoms with Gasteiger partial charge in [-0.05, 0) is 49.6 Å². The molecule has 1 fully saturated rings. The average Bonchev–Trinajstić information content (AvgIpc) is 2.27. The monoisotopic (exact) mass is 268 g/mol. The van der Waals surface area contributed by atoms with Crippen molar-refractivity contribution in [1.29, 1.82) is 0 Å². The van der Waals surface area contributed by atoms with E-state index in [2.05, 4.69) is 33.0 Å². The Balaban J connectivity index is 2.31. The van der Waals surface area contributed by atoms with Crippen LogP contribution in [0.4, 0.5) is 0 Å². The first kappa shape index (κ1) is 16.5. The number of carbonyl (C=O) groups is 1. The van der Waals surface area contributed by atoms with E-state index < -0.39 is 0 Å². The maximum absolute atomic E-state index is 12.2. The summed E-state index contributed by atoms with van der Waals surface area (Å²) in [6, 6.07) is 0. The fourth-order valence-corrected chi connectivity index (χ4v) is 3.14. The molecule has 2 unspecified atom stereocenters. The van der Waals surface area contributed by atoms with Crippen LogP contribution >= 0.6 is 0 Å². The van der Waals surface area contributed by atoms with Crippen LogP contribution in [0.15, 0.2) is 0 Å². The number of piperidine rings is 1. The van der Waals surface area contributed by atoms with Crippen molar-refractivity contribution >= 4 is 5.91 Å². The molecule has 1 saturated heterocycles. The SMILES string of the molecule is CC(CC(=O)N(C)CC1CCCNC1)CC(C)(C)C. The van der Waals surface area contributed by atoms with Crippen molar-refractivity contribution < 1.29 is 4.79 Å². The molecule has 1 rings (SSSR count). The van der Waals surface area contributed by atoms with Crippen molar-refractivity contribution in [3.63, 3.8) is 0 Å². The lowest BCUT2D eigenvalue weighted by Gasteiger charge is -2.29. The number of carbonyl (C=O) groups excluding carboxylic acids is 1. The lowest BCUT2D eigenvalue weighted by atomic mass is 9.84. The van der Waals surface area contributed by atoms with Gasteiger partial charge >= 0.3 is 0 Å². The highest BCUT2D eigenvalue weighted by Crippen LogP contribution is 2.26. The summed E-state index contributed by atoms with van der Waals surface area (Å²) in [7, 11) is 1.96. The maximum Gasteiger partial charge on any atom is 0.222 e. The van der Waals surface area contributed by atoms with Gasteiger partial charge in [-0.1, -0.05) is 27.7 Å². The predicted molar refractivity (Wildman–Crippen MR) is 81.1 cm³/mol. The van der Waals surface area contributed by atoms with Crippen molar-refractivity contribution in [3.05, 3.63) is 0 Å². The van der Waals surface area contributed by atoms with Gasteiger partial charge in [0.1, 0.15) is 0 Å². The molecule has 3 nitrogen and oxygen atoms in total. The number of nitrogens with one attached hydrogen (secondary N) is 1. The van der Waals surface area contributed by atoms with Crippen LogP contribution < -0.4 is 5.32 Å². The third-order valence-electron chi connectivity index (χ3n) is 3.84. The maximum atomic E-state index is 12.2. The van der Waals surface area contributed by atoms with Crippen molar-refractivity contribution in [2.75, 3.05) is 26.7 Å². The second kappa shape index (κ2) is 7.28. The summed E-state index contributed by atoms with van der Waals surface area (Å²) in [4.78, 5) is 14.2. The fourth-order valence-electron chi connectivity index (χ4n) is 3.14. The van der Waals surface area contributed by atoms with E-state index in [0.717, 1.165) is 26.1 Å². The van der Waals surface area contributed by atoms with Crippen LogP contribution in [0.1, 0.15) is 53.4 Å². The minimum atomic E-state index is 0.308. The molecule has 0 aromatic heterocycles. The molecule has 0 radical (unpaired) electrons. The summed E-state index contributed by atoms with van der Waals surface area (Å²) in [6.07, 6.45) is 4.29. The topological polar surface area (TPSA) is 32.3 Å². The van der Waals surface area contributed by atoms with E-state index in [4.69, 9.17) is 0 Å².